The molecule has 0 saturated carbocycles. The van der Waals surface area contributed by atoms with Gasteiger partial charge in [-0.15, -0.1) is 0 Å². The Morgan fingerprint density at radius 1 is 1.67 bits per heavy atom. The smallest absolute Gasteiger partial charge is 0.0445 e. The second-order valence-electron chi connectivity index (χ2n) is 3.51. The minimum atomic E-state index is 0.294. The van der Waals surface area contributed by atoms with E-state index in [-0.39, 0.29) is 0 Å². The fraction of sp³-hybridized carbons (Fsp3) is 1.00. The van der Waals surface area contributed by atoms with E-state index in [1.807, 2.05) is 7.05 Å². The molecule has 3 nitrogen and oxygen atoms in total. The topological polar surface area (TPSA) is 44.3 Å². The SMILES string of the molecule is CN[C@H](CCO)[C@H]1CCCNC1. The molecule has 0 aliphatic carbocycles. The third-order valence-electron chi connectivity index (χ3n) is 2.71. The van der Waals surface area contributed by atoms with Gasteiger partial charge in [-0.05, 0) is 45.3 Å². The van der Waals surface area contributed by atoms with Gasteiger partial charge in [-0.2, -0.15) is 0 Å². The summed E-state index contributed by atoms with van der Waals surface area (Å²) in [5, 5.41) is 15.5. The number of nitrogens with one attached hydrogen (secondary N) is 2. The van der Waals surface area contributed by atoms with Gasteiger partial charge in [0.25, 0.3) is 0 Å². The van der Waals surface area contributed by atoms with E-state index in [2.05, 4.69) is 10.6 Å². The predicted molar refractivity (Wildman–Crippen MR) is 50.1 cm³/mol. The van der Waals surface area contributed by atoms with Crippen LogP contribution in [-0.4, -0.2) is 37.9 Å². The fourth-order valence-electron chi connectivity index (χ4n) is 1.98. The summed E-state index contributed by atoms with van der Waals surface area (Å²) in [5.41, 5.74) is 0. The maximum atomic E-state index is 8.84. The summed E-state index contributed by atoms with van der Waals surface area (Å²) in [7, 11) is 1.98. The van der Waals surface area contributed by atoms with Crippen molar-refractivity contribution in [2.45, 2.75) is 25.3 Å². The average Bonchev–Trinajstić information content (AvgIpc) is 2.15. The number of hydrogen-bond acceptors (Lipinski definition) is 3. The van der Waals surface area contributed by atoms with Gasteiger partial charge in [0.2, 0.25) is 0 Å². The highest BCUT2D eigenvalue weighted by Gasteiger charge is 2.21. The van der Waals surface area contributed by atoms with Crippen LogP contribution in [0.3, 0.4) is 0 Å². The Kier molecular flexibility index (Phi) is 4.58. The monoisotopic (exact) mass is 172 g/mol. The van der Waals surface area contributed by atoms with E-state index in [4.69, 9.17) is 5.11 Å². The fourth-order valence-corrected chi connectivity index (χ4v) is 1.98. The molecule has 0 bridgehead atoms. The van der Waals surface area contributed by atoms with Crippen LogP contribution in [-0.2, 0) is 0 Å². The van der Waals surface area contributed by atoms with Crippen molar-refractivity contribution in [3.63, 3.8) is 0 Å². The Hall–Kier alpha value is -0.120. The molecule has 2 atom stereocenters. The van der Waals surface area contributed by atoms with Crippen LogP contribution in [0.15, 0.2) is 0 Å². The number of hydrogen-bond donors (Lipinski definition) is 3. The van der Waals surface area contributed by atoms with Crippen molar-refractivity contribution in [3.8, 4) is 0 Å². The van der Waals surface area contributed by atoms with E-state index in [0.717, 1.165) is 19.5 Å². The second kappa shape index (κ2) is 5.51. The van der Waals surface area contributed by atoms with Gasteiger partial charge in [0.05, 0.1) is 0 Å². The van der Waals surface area contributed by atoms with Gasteiger partial charge >= 0.3 is 0 Å². The van der Waals surface area contributed by atoms with Gasteiger partial charge in [0.1, 0.15) is 0 Å². The highest BCUT2D eigenvalue weighted by molar-refractivity contribution is 4.79. The van der Waals surface area contributed by atoms with Crippen LogP contribution in [0.25, 0.3) is 0 Å². The summed E-state index contributed by atoms with van der Waals surface area (Å²) >= 11 is 0. The lowest BCUT2D eigenvalue weighted by molar-refractivity contribution is 0.220. The maximum Gasteiger partial charge on any atom is 0.0445 e. The molecule has 1 aliphatic rings. The van der Waals surface area contributed by atoms with Crippen molar-refractivity contribution >= 4 is 0 Å². The molecule has 72 valence electrons. The molecule has 0 aromatic rings. The molecular formula is C9H20N2O. The molecule has 0 aromatic carbocycles. The van der Waals surface area contributed by atoms with Crippen LogP contribution in [0.4, 0.5) is 0 Å². The summed E-state index contributed by atoms with van der Waals surface area (Å²) in [4.78, 5) is 0. The minimum Gasteiger partial charge on any atom is -0.396 e. The molecule has 1 saturated heterocycles. The summed E-state index contributed by atoms with van der Waals surface area (Å²) in [5.74, 6) is 0.705. The number of aliphatic hydroxyl groups excluding tert-OH is 1. The quantitative estimate of drug-likeness (QED) is 0.557. The van der Waals surface area contributed by atoms with Crippen LogP contribution in [0.2, 0.25) is 0 Å². The summed E-state index contributed by atoms with van der Waals surface area (Å²) < 4.78 is 0. The van der Waals surface area contributed by atoms with Crippen LogP contribution < -0.4 is 10.6 Å². The van der Waals surface area contributed by atoms with Crippen molar-refractivity contribution in [2.75, 3.05) is 26.7 Å². The maximum absolute atomic E-state index is 8.84. The first-order valence-electron chi connectivity index (χ1n) is 4.87. The Morgan fingerprint density at radius 2 is 2.50 bits per heavy atom. The van der Waals surface area contributed by atoms with E-state index in [9.17, 15) is 0 Å². The molecule has 1 rings (SSSR count). The van der Waals surface area contributed by atoms with Gasteiger partial charge < -0.3 is 15.7 Å². The van der Waals surface area contributed by atoms with Gasteiger partial charge in [0.15, 0.2) is 0 Å². The van der Waals surface area contributed by atoms with Gasteiger partial charge in [-0.3, -0.25) is 0 Å². The van der Waals surface area contributed by atoms with Crippen molar-refractivity contribution in [2.24, 2.45) is 5.92 Å². The molecule has 1 aliphatic heterocycles. The molecule has 0 amide bonds. The van der Waals surface area contributed by atoms with Gasteiger partial charge in [-0.1, -0.05) is 0 Å². The van der Waals surface area contributed by atoms with Gasteiger partial charge in [-0.25, -0.2) is 0 Å². The van der Waals surface area contributed by atoms with E-state index in [1.54, 1.807) is 0 Å². The molecule has 3 heteroatoms. The molecule has 0 radical (unpaired) electrons. The van der Waals surface area contributed by atoms with Crippen molar-refractivity contribution in [3.05, 3.63) is 0 Å². The lowest BCUT2D eigenvalue weighted by Crippen LogP contribution is -2.43. The standard InChI is InChI=1S/C9H20N2O/c1-10-9(4-6-12)8-3-2-5-11-7-8/h8-12H,2-7H2,1H3/t8-,9+/m0/s1. The third kappa shape index (κ3) is 2.73. The lowest BCUT2D eigenvalue weighted by atomic mass is 9.90. The van der Waals surface area contributed by atoms with Crippen molar-refractivity contribution < 1.29 is 5.11 Å². The van der Waals surface area contributed by atoms with Crippen molar-refractivity contribution in [1.29, 1.82) is 0 Å². The molecule has 12 heavy (non-hydrogen) atoms. The normalized spacial score (nSPS) is 27.0. The molecule has 3 N–H and O–H groups in total. The van der Waals surface area contributed by atoms with E-state index in [0.29, 0.717) is 18.6 Å². The molecule has 0 aromatic heterocycles. The van der Waals surface area contributed by atoms with Crippen LogP contribution in [0.1, 0.15) is 19.3 Å². The first-order chi connectivity index (χ1) is 5.88. The Labute approximate surface area is 74.5 Å². The largest absolute Gasteiger partial charge is 0.396 e. The average molecular weight is 172 g/mol. The highest BCUT2D eigenvalue weighted by atomic mass is 16.3. The predicted octanol–water partition coefficient (Wildman–Crippen LogP) is -0.0436. The van der Waals surface area contributed by atoms with Crippen LogP contribution in [0.5, 0.6) is 0 Å². The zero-order chi connectivity index (χ0) is 8.81. The highest BCUT2D eigenvalue weighted by Crippen LogP contribution is 2.16. The molecular weight excluding hydrogens is 152 g/mol. The zero-order valence-corrected chi connectivity index (χ0v) is 7.84. The number of piperidine rings is 1. The summed E-state index contributed by atoms with van der Waals surface area (Å²) in [6, 6.07) is 0.489. The van der Waals surface area contributed by atoms with Crippen LogP contribution >= 0.6 is 0 Å². The molecule has 1 fully saturated rings. The third-order valence-corrected chi connectivity index (χ3v) is 2.71. The van der Waals surface area contributed by atoms with E-state index < -0.39 is 0 Å². The number of aliphatic hydroxyl groups is 1. The Morgan fingerprint density at radius 3 is 3.00 bits per heavy atom. The molecule has 0 unspecified atom stereocenters. The Bertz CT molecular complexity index is 110. The minimum absolute atomic E-state index is 0.294. The first-order valence-corrected chi connectivity index (χ1v) is 4.87. The van der Waals surface area contributed by atoms with E-state index >= 15 is 0 Å². The first kappa shape index (κ1) is 9.96. The van der Waals surface area contributed by atoms with E-state index in [1.165, 1.54) is 12.8 Å². The molecule has 1 heterocycles. The van der Waals surface area contributed by atoms with Crippen molar-refractivity contribution in [1.82, 2.24) is 10.6 Å². The second-order valence-corrected chi connectivity index (χ2v) is 3.51. The molecule has 0 spiro atoms. The number of rotatable bonds is 4. The zero-order valence-electron chi connectivity index (χ0n) is 7.84. The van der Waals surface area contributed by atoms with Crippen LogP contribution in [0, 0.1) is 5.92 Å². The summed E-state index contributed by atoms with van der Waals surface area (Å²) in [6.45, 7) is 2.56. The Balaban J connectivity index is 2.29. The van der Waals surface area contributed by atoms with Gasteiger partial charge in [0, 0.05) is 12.6 Å². The lowest BCUT2D eigenvalue weighted by Gasteiger charge is -2.30. The summed E-state index contributed by atoms with van der Waals surface area (Å²) in [6.07, 6.45) is 3.44.